The topological polar surface area (TPSA) is 334 Å². The quantitative estimate of drug-likeness (QED) is 0.0343. The van der Waals surface area contributed by atoms with Gasteiger partial charge in [0, 0.05) is 6.54 Å². The Morgan fingerprint density at radius 2 is 1.30 bits per heavy atom. The van der Waals surface area contributed by atoms with E-state index in [1.54, 1.807) is 13.8 Å². The third-order valence-corrected chi connectivity index (χ3v) is 5.80. The first-order valence-electron chi connectivity index (χ1n) is 13.5. The fourth-order valence-corrected chi connectivity index (χ4v) is 3.42. The van der Waals surface area contributed by atoms with Crippen molar-refractivity contribution in [1.82, 2.24) is 26.6 Å². The van der Waals surface area contributed by atoms with E-state index in [2.05, 4.69) is 26.3 Å². The lowest BCUT2D eigenvalue weighted by atomic mass is 10.0. The summed E-state index contributed by atoms with van der Waals surface area (Å²) in [5.41, 5.74) is 16.3. The van der Waals surface area contributed by atoms with Gasteiger partial charge in [0.2, 0.25) is 29.5 Å². The molecule has 0 heterocycles. The third-order valence-electron chi connectivity index (χ3n) is 5.80. The number of carboxylic acid groups (broad SMARTS) is 1. The summed E-state index contributed by atoms with van der Waals surface area (Å²) in [4.78, 5) is 77.8. The molecule has 0 aliphatic heterocycles. The van der Waals surface area contributed by atoms with E-state index in [0.29, 0.717) is 0 Å². The zero-order valence-electron chi connectivity index (χ0n) is 24.4. The number of hydrogen-bond donors (Lipinski definition) is 12. The molecule has 0 bridgehead atoms. The van der Waals surface area contributed by atoms with Crippen LogP contribution in [0, 0.1) is 5.92 Å². The first kappa shape index (κ1) is 38.9. The van der Waals surface area contributed by atoms with Crippen LogP contribution in [0.15, 0.2) is 4.99 Å². The number of rotatable bonds is 20. The number of carbonyl (C=O) groups is 6. The molecular weight excluding hydrogens is 574 g/mol. The molecule has 0 unspecified atom stereocenters. The summed E-state index contributed by atoms with van der Waals surface area (Å²) in [6.45, 7) is 2.45. The first-order chi connectivity index (χ1) is 20.0. The molecule has 19 heteroatoms. The van der Waals surface area contributed by atoms with E-state index in [4.69, 9.17) is 27.4 Å². The van der Waals surface area contributed by atoms with Gasteiger partial charge in [0.25, 0.3) is 0 Å². The lowest BCUT2D eigenvalue weighted by Gasteiger charge is -2.25. The van der Waals surface area contributed by atoms with Gasteiger partial charge in [-0.15, -0.1) is 0 Å². The van der Waals surface area contributed by atoms with Crippen molar-refractivity contribution in [3.8, 4) is 0 Å². The number of guanidine groups is 1. The maximum Gasteiger partial charge on any atom is 0.328 e. The molecule has 43 heavy (non-hydrogen) atoms. The van der Waals surface area contributed by atoms with Crippen LogP contribution in [0.2, 0.25) is 0 Å². The van der Waals surface area contributed by atoms with Gasteiger partial charge in [0.15, 0.2) is 5.96 Å². The van der Waals surface area contributed by atoms with Gasteiger partial charge in [-0.05, 0) is 32.1 Å². The zero-order valence-corrected chi connectivity index (χ0v) is 24.4. The summed E-state index contributed by atoms with van der Waals surface area (Å²) >= 11 is 0. The normalized spacial score (nSPS) is 15.1. The van der Waals surface area contributed by atoms with Crippen molar-refractivity contribution < 1.29 is 49.2 Å². The molecule has 0 radical (unpaired) electrons. The van der Waals surface area contributed by atoms with Gasteiger partial charge >= 0.3 is 5.97 Å². The van der Waals surface area contributed by atoms with Gasteiger partial charge in [-0.2, -0.15) is 0 Å². The van der Waals surface area contributed by atoms with Gasteiger partial charge in [0.05, 0.1) is 25.9 Å². The largest absolute Gasteiger partial charge is 0.480 e. The molecule has 0 aliphatic carbocycles. The van der Waals surface area contributed by atoms with Gasteiger partial charge in [-0.1, -0.05) is 13.8 Å². The summed E-state index contributed by atoms with van der Waals surface area (Å²) in [7, 11) is 0. The number of hydrogen-bond acceptors (Lipinski definition) is 11. The van der Waals surface area contributed by atoms with Gasteiger partial charge in [-0.3, -0.25) is 29.0 Å². The smallest absolute Gasteiger partial charge is 0.328 e. The second-order valence-corrected chi connectivity index (χ2v) is 10.1. The molecule has 0 fully saturated rings. The van der Waals surface area contributed by atoms with Crippen LogP contribution in [0.3, 0.4) is 0 Å². The highest BCUT2D eigenvalue weighted by Crippen LogP contribution is 2.08. The average Bonchev–Trinajstić information content (AvgIpc) is 2.92. The second-order valence-electron chi connectivity index (χ2n) is 10.1. The van der Waals surface area contributed by atoms with Crippen LogP contribution in [-0.4, -0.2) is 125 Å². The highest BCUT2D eigenvalue weighted by Gasteiger charge is 2.30. The number of carbonyl (C=O) groups excluding carboxylic acids is 5. The lowest BCUT2D eigenvalue weighted by molar-refractivity contribution is -0.143. The molecule has 246 valence electrons. The Balaban J connectivity index is 5.54. The molecule has 0 spiro atoms. The lowest BCUT2D eigenvalue weighted by Crippen LogP contribution is -2.58. The van der Waals surface area contributed by atoms with E-state index in [0.717, 1.165) is 0 Å². The number of nitrogens with zero attached hydrogens (tertiary/aromatic N) is 1. The van der Waals surface area contributed by atoms with Crippen LogP contribution in [0.25, 0.3) is 0 Å². The molecular formula is C24H45N9O10. The number of carboxylic acids is 1. The molecule has 5 amide bonds. The van der Waals surface area contributed by atoms with E-state index >= 15 is 0 Å². The number of amides is 5. The minimum absolute atomic E-state index is 0.00487. The molecule has 0 aromatic carbocycles. The van der Waals surface area contributed by atoms with Crippen molar-refractivity contribution >= 4 is 41.5 Å². The van der Waals surface area contributed by atoms with Gasteiger partial charge in [0.1, 0.15) is 30.2 Å². The number of aliphatic hydroxyl groups excluding tert-OH is 3. The van der Waals surface area contributed by atoms with Gasteiger partial charge < -0.3 is 64.2 Å². The Bertz CT molecular complexity index is 989. The van der Waals surface area contributed by atoms with E-state index in [-0.39, 0.29) is 37.7 Å². The summed E-state index contributed by atoms with van der Waals surface area (Å²) < 4.78 is 0. The van der Waals surface area contributed by atoms with Crippen molar-refractivity contribution in [2.24, 2.45) is 28.1 Å². The van der Waals surface area contributed by atoms with Crippen LogP contribution in [-0.2, 0) is 28.8 Å². The second kappa shape index (κ2) is 19.9. The fourth-order valence-electron chi connectivity index (χ4n) is 3.42. The zero-order chi connectivity index (χ0) is 33.3. The van der Waals surface area contributed by atoms with Crippen molar-refractivity contribution in [2.45, 2.75) is 76.3 Å². The Morgan fingerprint density at radius 1 is 0.767 bits per heavy atom. The molecule has 0 aromatic rings. The average molecular weight is 620 g/mol. The monoisotopic (exact) mass is 619 g/mol. The molecule has 0 aliphatic rings. The summed E-state index contributed by atoms with van der Waals surface area (Å²) in [5, 5.41) is 48.3. The number of nitrogens with one attached hydrogen (secondary N) is 5. The SMILES string of the molecule is CC(C)C[C@H](NC(=O)[C@@H](N)[C@@H](C)O)C(=O)N[C@@H](CCCN=C(N)N)C(=O)NCC(=O)N[C@@H](CO)C(=O)N[C@@H](CO)C(=O)O. The first-order valence-corrected chi connectivity index (χ1v) is 13.5. The number of nitrogens with two attached hydrogens (primary N) is 3. The van der Waals surface area contributed by atoms with E-state index in [9.17, 15) is 39.0 Å². The van der Waals surface area contributed by atoms with E-state index < -0.39 is 91.6 Å². The van der Waals surface area contributed by atoms with Crippen molar-refractivity contribution in [3.63, 3.8) is 0 Å². The highest BCUT2D eigenvalue weighted by molar-refractivity contribution is 5.95. The Hall–Kier alpha value is -4.07. The maximum absolute atomic E-state index is 13.1. The molecule has 15 N–H and O–H groups in total. The summed E-state index contributed by atoms with van der Waals surface area (Å²) in [5.74, 6) is -6.18. The van der Waals surface area contributed by atoms with Crippen LogP contribution in [0.1, 0.15) is 40.0 Å². The van der Waals surface area contributed by atoms with Gasteiger partial charge in [-0.25, -0.2) is 4.79 Å². The Labute approximate surface area is 248 Å². The predicted molar refractivity (Wildman–Crippen MR) is 152 cm³/mol. The van der Waals surface area contributed by atoms with E-state index in [1.807, 2.05) is 5.32 Å². The third kappa shape index (κ3) is 15.7. The molecule has 0 saturated carbocycles. The summed E-state index contributed by atoms with van der Waals surface area (Å²) in [6.07, 6.45) is -0.796. The Kier molecular flexibility index (Phi) is 18.1. The van der Waals surface area contributed by atoms with Crippen molar-refractivity contribution in [1.29, 1.82) is 0 Å². The minimum atomic E-state index is -1.67. The van der Waals surface area contributed by atoms with E-state index in [1.165, 1.54) is 6.92 Å². The molecule has 0 aromatic heterocycles. The molecule has 0 rings (SSSR count). The van der Waals surface area contributed by atoms with Crippen molar-refractivity contribution in [3.05, 3.63) is 0 Å². The molecule has 6 atom stereocenters. The number of aliphatic imine (C=N–C) groups is 1. The number of aliphatic carboxylic acids is 1. The molecule has 0 saturated heterocycles. The minimum Gasteiger partial charge on any atom is -0.480 e. The predicted octanol–water partition coefficient (Wildman–Crippen LogP) is -6.08. The van der Waals surface area contributed by atoms with Crippen LogP contribution in [0.5, 0.6) is 0 Å². The Morgan fingerprint density at radius 3 is 1.79 bits per heavy atom. The number of aliphatic hydroxyl groups is 3. The summed E-state index contributed by atoms with van der Waals surface area (Å²) in [6, 6.07) is -6.92. The molecule has 19 nitrogen and oxygen atoms in total. The maximum atomic E-state index is 13.1. The van der Waals surface area contributed by atoms with Crippen LogP contribution < -0.4 is 43.8 Å². The highest BCUT2D eigenvalue weighted by atomic mass is 16.4. The van der Waals surface area contributed by atoms with Crippen LogP contribution >= 0.6 is 0 Å². The fraction of sp³-hybridized carbons (Fsp3) is 0.708. The van der Waals surface area contributed by atoms with Crippen molar-refractivity contribution in [2.75, 3.05) is 26.3 Å². The van der Waals surface area contributed by atoms with Crippen LogP contribution in [0.4, 0.5) is 0 Å². The standard InChI is InChI=1S/C24H45N9O10/c1-11(2)7-14(32-22(41)18(25)12(3)36)20(39)31-13(5-4-6-28-24(26)27)19(38)29-8-17(37)30-15(9-34)21(40)33-16(10-35)23(42)43/h11-16,18,34-36H,4-10,25H2,1-3H3,(H,29,38)(H,30,37)(H,31,39)(H,32,41)(H,33,40)(H,42,43)(H4,26,27,28)/t12-,13+,14+,15+,16+,18+/m1/s1.